The number of hydrogen-bond acceptors (Lipinski definition) is 5. The van der Waals surface area contributed by atoms with Crippen molar-refractivity contribution in [2.24, 2.45) is 0 Å². The molecular formula is C84H94N2S3. The van der Waals surface area contributed by atoms with E-state index >= 15 is 0 Å². The maximum absolute atomic E-state index is 5.11. The summed E-state index contributed by atoms with van der Waals surface area (Å²) in [6.07, 6.45) is 30.3. The zero-order valence-electron chi connectivity index (χ0n) is 54.8. The smallest absolute Gasteiger partial charge is 0.114 e. The van der Waals surface area contributed by atoms with Gasteiger partial charge in [-0.2, -0.15) is 8.75 Å². The van der Waals surface area contributed by atoms with Gasteiger partial charge in [-0.05, 0) is 191 Å². The van der Waals surface area contributed by atoms with E-state index in [2.05, 4.69) is 189 Å². The topological polar surface area (TPSA) is 25.8 Å². The minimum absolute atomic E-state index is 0.0958. The van der Waals surface area contributed by atoms with Crippen molar-refractivity contribution in [2.75, 3.05) is 0 Å². The average Bonchev–Trinajstić information content (AvgIpc) is 1.52. The molecule has 5 heteroatoms. The number of fused-ring (bicyclic) bond motifs is 14. The summed E-state index contributed by atoms with van der Waals surface area (Å²) in [7, 11) is 0. The monoisotopic (exact) mass is 1230 g/mol. The first-order valence-corrected chi connectivity index (χ1v) is 37.2. The third kappa shape index (κ3) is 11.5. The lowest BCUT2D eigenvalue weighted by Gasteiger charge is -2.33. The van der Waals surface area contributed by atoms with Crippen LogP contribution in [0.15, 0.2) is 133 Å². The first-order chi connectivity index (χ1) is 43.6. The summed E-state index contributed by atoms with van der Waals surface area (Å²) < 4.78 is 10.2. The normalized spacial score (nSPS) is 13.8. The van der Waals surface area contributed by atoms with E-state index in [1.807, 2.05) is 22.7 Å². The summed E-state index contributed by atoms with van der Waals surface area (Å²) in [5.74, 6) is 0. The number of unbranched alkanes of at least 4 members (excludes halogenated alkanes) is 16. The molecule has 0 saturated carbocycles. The van der Waals surface area contributed by atoms with Crippen LogP contribution < -0.4 is 0 Å². The molecule has 0 unspecified atom stereocenters. The van der Waals surface area contributed by atoms with Gasteiger partial charge in [0.25, 0.3) is 0 Å². The van der Waals surface area contributed by atoms with Crippen LogP contribution in [0.1, 0.15) is 235 Å². The molecule has 0 saturated heterocycles. The molecule has 3 aliphatic rings. The van der Waals surface area contributed by atoms with Gasteiger partial charge in [-0.15, -0.1) is 22.7 Å². The summed E-state index contributed by atoms with van der Waals surface area (Å²) in [5, 5.41) is 0. The molecule has 458 valence electrons. The Morgan fingerprint density at radius 2 is 0.685 bits per heavy atom. The van der Waals surface area contributed by atoms with Crippen molar-refractivity contribution >= 4 is 45.4 Å². The van der Waals surface area contributed by atoms with E-state index < -0.39 is 5.41 Å². The Labute approximate surface area is 546 Å². The molecule has 0 amide bonds. The Hall–Kier alpha value is -6.24. The summed E-state index contributed by atoms with van der Waals surface area (Å²) in [6, 6.07) is 54.6. The van der Waals surface area contributed by atoms with Crippen LogP contribution in [0.4, 0.5) is 0 Å². The Morgan fingerprint density at radius 1 is 0.326 bits per heavy atom. The molecule has 13 rings (SSSR count). The van der Waals surface area contributed by atoms with E-state index in [0.29, 0.717) is 0 Å². The molecule has 0 bridgehead atoms. The number of aryl methyl sites for hydroxylation is 6. The quantitative estimate of drug-likeness (QED) is 0.0457. The molecule has 7 aromatic carbocycles. The van der Waals surface area contributed by atoms with E-state index in [1.54, 1.807) is 11.1 Å². The standard InChI is InChI=1S/C84H94N2S3/c1-9-13-17-21-23-27-45-83(46-28-24-22-18-14-10-2)72-50-60(61-35-41-69-68-39-33-57(7)49-76(68)84(77(69)51-61)74-47-55(5)31-37-66(74)67-38-32-56(6)48-75(67)84)34-40-64(72)65-42-36-63(52-73(65)83)82-62(30-26-20-16-12-4)54-79(88-82)71-44-43-70(80-81(71)86-89-85-80)78-53-59(58(8)87-78)29-25-19-15-11-3/h31-44,47-54H,9-30,45-46H2,1-8H3. The van der Waals surface area contributed by atoms with Gasteiger partial charge in [0.15, 0.2) is 0 Å². The second-order valence-electron chi connectivity index (χ2n) is 27.2. The van der Waals surface area contributed by atoms with Crippen LogP contribution in [0, 0.1) is 27.7 Å². The first-order valence-electron chi connectivity index (χ1n) is 34.9. The molecule has 3 aliphatic carbocycles. The number of rotatable bonds is 28. The number of aromatic nitrogens is 2. The maximum atomic E-state index is 5.11. The van der Waals surface area contributed by atoms with Gasteiger partial charge in [0.1, 0.15) is 11.0 Å². The molecule has 2 nitrogen and oxygen atoms in total. The van der Waals surface area contributed by atoms with Crippen LogP contribution >= 0.6 is 34.4 Å². The Morgan fingerprint density at radius 3 is 1.18 bits per heavy atom. The number of benzene rings is 7. The lowest BCUT2D eigenvalue weighted by atomic mass is 9.69. The van der Waals surface area contributed by atoms with Crippen molar-refractivity contribution in [3.05, 3.63) is 200 Å². The number of hydrogen-bond donors (Lipinski definition) is 0. The predicted molar refractivity (Wildman–Crippen MR) is 388 cm³/mol. The third-order valence-corrected chi connectivity index (χ3v) is 23.9. The highest BCUT2D eigenvalue weighted by atomic mass is 32.1. The van der Waals surface area contributed by atoms with E-state index in [9.17, 15) is 0 Å². The fourth-order valence-corrected chi connectivity index (χ4v) is 19.2. The van der Waals surface area contributed by atoms with Crippen LogP contribution in [-0.4, -0.2) is 8.75 Å². The van der Waals surface area contributed by atoms with Gasteiger partial charge >= 0.3 is 0 Å². The van der Waals surface area contributed by atoms with Crippen LogP contribution in [-0.2, 0) is 23.7 Å². The zero-order valence-corrected chi connectivity index (χ0v) is 57.2. The fourth-order valence-electron chi connectivity index (χ4n) is 16.3. The van der Waals surface area contributed by atoms with Crippen LogP contribution in [0.3, 0.4) is 0 Å². The molecule has 0 fully saturated rings. The van der Waals surface area contributed by atoms with Gasteiger partial charge in [0, 0.05) is 36.1 Å². The van der Waals surface area contributed by atoms with Crippen molar-refractivity contribution in [3.63, 3.8) is 0 Å². The molecule has 0 atom stereocenters. The SMILES string of the molecule is CCCCCCCCC1(CCCCCCCC)c2cc(-c3ccc4c(c3)C3(c5cc(C)ccc5-c5ccc(C)cc53)c3cc(C)ccc3-4)ccc2-c2ccc(-c3sc(-c4ccc(-c5cc(CCCCCC)c(C)s5)c5nsnc45)cc3CCCCCC)cc21. The summed E-state index contributed by atoms with van der Waals surface area (Å²) in [5.41, 5.74) is 32.3. The number of thiophene rings is 2. The van der Waals surface area contributed by atoms with Crippen LogP contribution in [0.2, 0.25) is 0 Å². The summed E-state index contributed by atoms with van der Waals surface area (Å²) >= 11 is 5.30. The van der Waals surface area contributed by atoms with E-state index in [4.69, 9.17) is 8.75 Å². The lowest BCUT2D eigenvalue weighted by Crippen LogP contribution is -2.26. The highest BCUT2D eigenvalue weighted by molar-refractivity contribution is 7.19. The van der Waals surface area contributed by atoms with Gasteiger partial charge in [0.2, 0.25) is 0 Å². The third-order valence-electron chi connectivity index (χ3n) is 21.0. The average molecular weight is 1230 g/mol. The molecule has 89 heavy (non-hydrogen) atoms. The molecular weight excluding hydrogens is 1130 g/mol. The second kappa shape index (κ2) is 26.9. The highest BCUT2D eigenvalue weighted by Gasteiger charge is 2.52. The van der Waals surface area contributed by atoms with E-state index in [-0.39, 0.29) is 5.41 Å². The van der Waals surface area contributed by atoms with Crippen molar-refractivity contribution in [1.82, 2.24) is 8.75 Å². The van der Waals surface area contributed by atoms with E-state index in [0.717, 1.165) is 23.9 Å². The highest BCUT2D eigenvalue weighted by Crippen LogP contribution is 2.64. The van der Waals surface area contributed by atoms with Crippen molar-refractivity contribution < 1.29 is 0 Å². The molecule has 3 aromatic heterocycles. The van der Waals surface area contributed by atoms with Crippen molar-refractivity contribution in [3.8, 4) is 75.8 Å². The van der Waals surface area contributed by atoms with E-state index in [1.165, 1.54) is 284 Å². The molecule has 10 aromatic rings. The molecule has 3 heterocycles. The molecule has 0 radical (unpaired) electrons. The Balaban J connectivity index is 0.930. The lowest BCUT2D eigenvalue weighted by molar-refractivity contribution is 0.398. The van der Waals surface area contributed by atoms with Crippen molar-refractivity contribution in [1.29, 1.82) is 0 Å². The minimum atomic E-state index is -0.401. The second-order valence-corrected chi connectivity index (χ2v) is 30.0. The minimum Gasteiger partial charge on any atom is -0.172 e. The maximum Gasteiger partial charge on any atom is 0.114 e. The summed E-state index contributed by atoms with van der Waals surface area (Å²) in [6.45, 7) is 18.5. The van der Waals surface area contributed by atoms with Gasteiger partial charge in [-0.25, -0.2) is 0 Å². The Bertz CT molecular complexity index is 4090. The van der Waals surface area contributed by atoms with Gasteiger partial charge < -0.3 is 0 Å². The van der Waals surface area contributed by atoms with Crippen molar-refractivity contribution in [2.45, 2.75) is 220 Å². The largest absolute Gasteiger partial charge is 0.172 e. The zero-order chi connectivity index (χ0) is 61.2. The van der Waals surface area contributed by atoms with Gasteiger partial charge in [-0.3, -0.25) is 0 Å². The van der Waals surface area contributed by atoms with Gasteiger partial charge in [-0.1, -0.05) is 263 Å². The van der Waals surface area contributed by atoms with Crippen LogP contribution in [0.5, 0.6) is 0 Å². The molecule has 1 spiro atoms. The van der Waals surface area contributed by atoms with Crippen LogP contribution in [0.25, 0.3) is 86.9 Å². The summed E-state index contributed by atoms with van der Waals surface area (Å²) in [4.78, 5) is 5.52. The first kappa shape index (κ1) is 61.6. The number of nitrogens with zero attached hydrogens (tertiary/aromatic N) is 2. The molecule has 0 aliphatic heterocycles. The predicted octanol–water partition coefficient (Wildman–Crippen LogP) is 26.1. The molecule has 0 N–H and O–H groups in total. The Kier molecular flexibility index (Phi) is 18.6. The van der Waals surface area contributed by atoms with Gasteiger partial charge in [0.05, 0.1) is 17.1 Å². The fraction of sp³-hybridized carbons (Fsp3) is 0.405.